The van der Waals surface area contributed by atoms with Crippen LogP contribution in [0, 0.1) is 17.1 Å². The summed E-state index contributed by atoms with van der Waals surface area (Å²) in [5.41, 5.74) is 0.236. The number of nitriles is 1. The summed E-state index contributed by atoms with van der Waals surface area (Å²) in [5.74, 6) is -0.909. The van der Waals surface area contributed by atoms with Crippen molar-refractivity contribution in [1.82, 2.24) is 4.90 Å². The van der Waals surface area contributed by atoms with Gasteiger partial charge < -0.3 is 10.2 Å². The van der Waals surface area contributed by atoms with Crippen LogP contribution in [0.15, 0.2) is 36.0 Å². The smallest absolute Gasteiger partial charge is 0.267 e. The molecule has 0 aliphatic carbocycles. The topological polar surface area (TPSA) is 90.3 Å². The minimum atomic E-state index is -3.06. The van der Waals surface area contributed by atoms with Gasteiger partial charge in [-0.25, -0.2) is 12.8 Å². The molecule has 24 heavy (non-hydrogen) atoms. The van der Waals surface area contributed by atoms with Gasteiger partial charge in [-0.05, 0) is 37.6 Å². The Labute approximate surface area is 140 Å². The van der Waals surface area contributed by atoms with E-state index in [9.17, 15) is 22.9 Å². The van der Waals surface area contributed by atoms with Crippen LogP contribution in [0.2, 0.25) is 0 Å². The number of hydrogen-bond acceptors (Lipinski definition) is 5. The number of nitrogens with one attached hydrogen (secondary N) is 1. The number of halogens is 1. The molecule has 128 valence electrons. The Kier molecular flexibility index (Phi) is 5.57. The van der Waals surface area contributed by atoms with Crippen molar-refractivity contribution in [2.75, 3.05) is 23.4 Å². The van der Waals surface area contributed by atoms with Crippen molar-refractivity contribution >= 4 is 21.4 Å². The monoisotopic (exact) mass is 351 g/mol. The summed E-state index contributed by atoms with van der Waals surface area (Å²) in [6.07, 6.45) is 1.87. The number of carbonyl (C=O) groups is 1. The third-order valence-electron chi connectivity index (χ3n) is 3.80. The molecule has 1 heterocycles. The molecule has 1 fully saturated rings. The molecule has 0 saturated carbocycles. The molecule has 0 bridgehead atoms. The van der Waals surface area contributed by atoms with Gasteiger partial charge in [0.05, 0.1) is 11.5 Å². The Balaban J connectivity index is 2.13. The number of anilines is 1. The Hall–Kier alpha value is -2.40. The lowest BCUT2D eigenvalue weighted by Gasteiger charge is -2.25. The van der Waals surface area contributed by atoms with Gasteiger partial charge in [0.25, 0.3) is 5.91 Å². The Morgan fingerprint density at radius 2 is 2.12 bits per heavy atom. The van der Waals surface area contributed by atoms with Crippen molar-refractivity contribution in [1.29, 1.82) is 5.26 Å². The highest BCUT2D eigenvalue weighted by atomic mass is 32.2. The average molecular weight is 351 g/mol. The van der Waals surface area contributed by atoms with Crippen LogP contribution in [-0.4, -0.2) is 43.3 Å². The van der Waals surface area contributed by atoms with Crippen LogP contribution in [0.5, 0.6) is 0 Å². The number of hydrogen-bond donors (Lipinski definition) is 1. The summed E-state index contributed by atoms with van der Waals surface area (Å²) in [6, 6.07) is 6.78. The number of sulfone groups is 1. The molecule has 1 N–H and O–H groups in total. The molecular weight excluding hydrogens is 333 g/mol. The third-order valence-corrected chi connectivity index (χ3v) is 5.56. The zero-order valence-corrected chi connectivity index (χ0v) is 14.0. The fourth-order valence-corrected chi connectivity index (χ4v) is 4.27. The summed E-state index contributed by atoms with van der Waals surface area (Å²) in [5, 5.41) is 11.7. The van der Waals surface area contributed by atoms with Gasteiger partial charge in [0.2, 0.25) is 0 Å². The molecule has 2 rings (SSSR count). The summed E-state index contributed by atoms with van der Waals surface area (Å²) in [7, 11) is -3.06. The van der Waals surface area contributed by atoms with Gasteiger partial charge >= 0.3 is 0 Å². The molecular formula is C16H18FN3O3S. The second-order valence-corrected chi connectivity index (χ2v) is 7.73. The molecule has 1 aliphatic heterocycles. The number of nitrogens with zero attached hydrogens (tertiary/aromatic N) is 2. The van der Waals surface area contributed by atoms with Crippen molar-refractivity contribution in [3.8, 4) is 6.07 Å². The quantitative estimate of drug-likeness (QED) is 0.644. The fourth-order valence-electron chi connectivity index (χ4n) is 2.53. The van der Waals surface area contributed by atoms with Crippen molar-refractivity contribution < 1.29 is 17.6 Å². The summed E-state index contributed by atoms with van der Waals surface area (Å²) in [6.45, 7) is 2.31. The zero-order valence-electron chi connectivity index (χ0n) is 13.2. The number of amides is 1. The van der Waals surface area contributed by atoms with E-state index in [1.807, 2.05) is 13.0 Å². The molecule has 1 saturated heterocycles. The van der Waals surface area contributed by atoms with Crippen LogP contribution in [0.1, 0.15) is 13.3 Å². The predicted molar refractivity (Wildman–Crippen MR) is 88.2 cm³/mol. The Bertz CT molecular complexity index is 782. The van der Waals surface area contributed by atoms with Crippen molar-refractivity contribution in [2.45, 2.75) is 19.4 Å². The first-order valence-corrected chi connectivity index (χ1v) is 9.32. The van der Waals surface area contributed by atoms with E-state index < -0.39 is 21.6 Å². The first-order valence-electron chi connectivity index (χ1n) is 7.49. The number of carbonyl (C=O) groups excluding carboxylic acids is 1. The van der Waals surface area contributed by atoms with Crippen LogP contribution in [0.4, 0.5) is 10.1 Å². The number of rotatable bonds is 5. The first-order chi connectivity index (χ1) is 11.3. The molecule has 1 aromatic carbocycles. The van der Waals surface area contributed by atoms with Crippen molar-refractivity contribution in [2.24, 2.45) is 0 Å². The van der Waals surface area contributed by atoms with Gasteiger partial charge in [-0.15, -0.1) is 0 Å². The number of benzene rings is 1. The van der Waals surface area contributed by atoms with E-state index in [4.69, 9.17) is 0 Å². The summed E-state index contributed by atoms with van der Waals surface area (Å²) >= 11 is 0. The van der Waals surface area contributed by atoms with E-state index in [0.29, 0.717) is 18.7 Å². The van der Waals surface area contributed by atoms with E-state index in [-0.39, 0.29) is 23.1 Å². The predicted octanol–water partition coefficient (Wildman–Crippen LogP) is 1.68. The van der Waals surface area contributed by atoms with E-state index in [1.165, 1.54) is 30.5 Å². The SMILES string of the molecule is CCN(/C=C(/C#N)C(=O)Nc1ccc(F)cc1)C1CCS(=O)(=O)C1. The van der Waals surface area contributed by atoms with Crippen LogP contribution < -0.4 is 5.32 Å². The molecule has 1 amide bonds. The summed E-state index contributed by atoms with van der Waals surface area (Å²) < 4.78 is 36.1. The van der Waals surface area contributed by atoms with Crippen molar-refractivity contribution in [3.63, 3.8) is 0 Å². The Morgan fingerprint density at radius 3 is 2.62 bits per heavy atom. The van der Waals surface area contributed by atoms with Gasteiger partial charge in [0, 0.05) is 24.5 Å². The lowest BCUT2D eigenvalue weighted by atomic mass is 10.2. The lowest BCUT2D eigenvalue weighted by Crippen LogP contribution is -2.32. The van der Waals surface area contributed by atoms with Crippen molar-refractivity contribution in [3.05, 3.63) is 41.9 Å². The van der Waals surface area contributed by atoms with Gasteiger partial charge in [-0.2, -0.15) is 5.26 Å². The fraction of sp³-hybridized carbons (Fsp3) is 0.375. The van der Waals surface area contributed by atoms with Crippen LogP contribution in [0.25, 0.3) is 0 Å². The molecule has 1 aliphatic rings. The molecule has 1 unspecified atom stereocenters. The average Bonchev–Trinajstić information content (AvgIpc) is 2.90. The minimum Gasteiger partial charge on any atom is -0.372 e. The second-order valence-electron chi connectivity index (χ2n) is 5.50. The van der Waals surface area contributed by atoms with Crippen LogP contribution in [0.3, 0.4) is 0 Å². The lowest BCUT2D eigenvalue weighted by molar-refractivity contribution is -0.112. The Morgan fingerprint density at radius 1 is 1.46 bits per heavy atom. The highest BCUT2D eigenvalue weighted by Gasteiger charge is 2.31. The van der Waals surface area contributed by atoms with Gasteiger partial charge in [0.15, 0.2) is 9.84 Å². The van der Waals surface area contributed by atoms with Crippen LogP contribution >= 0.6 is 0 Å². The summed E-state index contributed by atoms with van der Waals surface area (Å²) in [4.78, 5) is 13.9. The van der Waals surface area contributed by atoms with Gasteiger partial charge in [0.1, 0.15) is 17.5 Å². The molecule has 8 heteroatoms. The van der Waals surface area contributed by atoms with Crippen LogP contribution in [-0.2, 0) is 14.6 Å². The molecule has 1 atom stereocenters. The standard InChI is InChI=1S/C16H18FN3O3S/c1-2-20(15-7-8-24(22,23)11-15)10-12(9-18)16(21)19-14-5-3-13(17)4-6-14/h3-6,10,15H,2,7-8,11H2,1H3,(H,19,21)/b12-10-. The first kappa shape index (κ1) is 17.9. The molecule has 6 nitrogen and oxygen atoms in total. The molecule has 1 aromatic rings. The van der Waals surface area contributed by atoms with E-state index in [1.54, 1.807) is 4.90 Å². The molecule has 0 aromatic heterocycles. The molecule has 0 spiro atoms. The van der Waals surface area contributed by atoms with E-state index in [2.05, 4.69) is 5.32 Å². The maximum Gasteiger partial charge on any atom is 0.267 e. The zero-order chi connectivity index (χ0) is 17.7. The second kappa shape index (κ2) is 7.45. The highest BCUT2D eigenvalue weighted by Crippen LogP contribution is 2.19. The highest BCUT2D eigenvalue weighted by molar-refractivity contribution is 7.91. The van der Waals surface area contributed by atoms with Gasteiger partial charge in [-0.3, -0.25) is 4.79 Å². The molecule has 0 radical (unpaired) electrons. The normalized spacial score (nSPS) is 19.5. The largest absolute Gasteiger partial charge is 0.372 e. The minimum absolute atomic E-state index is 0.0234. The van der Waals surface area contributed by atoms with Gasteiger partial charge in [-0.1, -0.05) is 0 Å². The third kappa shape index (κ3) is 4.55. The van der Waals surface area contributed by atoms with E-state index >= 15 is 0 Å². The maximum atomic E-state index is 12.9. The van der Waals surface area contributed by atoms with E-state index in [0.717, 1.165) is 0 Å². The maximum absolute atomic E-state index is 12.9.